The molecule has 0 heterocycles. The second-order valence-electron chi connectivity index (χ2n) is 4.56. The van der Waals surface area contributed by atoms with E-state index in [4.69, 9.17) is 0 Å². The maximum absolute atomic E-state index is 10.6. The Morgan fingerprint density at radius 3 is 2.59 bits per heavy atom. The molecule has 1 unspecified atom stereocenters. The van der Waals surface area contributed by atoms with Crippen LogP contribution in [0.2, 0.25) is 0 Å². The number of anilines is 1. The van der Waals surface area contributed by atoms with Gasteiger partial charge in [-0.1, -0.05) is 0 Å². The van der Waals surface area contributed by atoms with Crippen LogP contribution in [0.15, 0.2) is 18.2 Å². The van der Waals surface area contributed by atoms with Gasteiger partial charge in [-0.25, -0.2) is 0 Å². The van der Waals surface area contributed by atoms with Crippen molar-refractivity contribution in [2.24, 2.45) is 0 Å². The molecule has 0 aliphatic rings. The number of nitro groups is 1. The van der Waals surface area contributed by atoms with Crippen molar-refractivity contribution in [3.8, 4) is 0 Å². The molecule has 17 heavy (non-hydrogen) atoms. The minimum Gasteiger partial charge on any atom is -0.381 e. The summed E-state index contributed by atoms with van der Waals surface area (Å²) >= 11 is 0. The minimum absolute atomic E-state index is 0.133. The zero-order chi connectivity index (χ0) is 13.0. The van der Waals surface area contributed by atoms with Gasteiger partial charge in [-0.3, -0.25) is 10.1 Å². The van der Waals surface area contributed by atoms with Crippen LogP contribution in [0.25, 0.3) is 0 Å². The number of likely N-dealkylation sites (N-methyl/N-ethyl adjacent to an activating group) is 1. The summed E-state index contributed by atoms with van der Waals surface area (Å²) in [5.41, 5.74) is 1.98. The molecule has 0 aromatic heterocycles. The van der Waals surface area contributed by atoms with E-state index in [1.807, 2.05) is 21.0 Å². The van der Waals surface area contributed by atoms with Gasteiger partial charge in [0, 0.05) is 30.4 Å². The minimum atomic E-state index is -0.375. The number of nitrogens with one attached hydrogen (secondary N) is 1. The predicted molar refractivity (Wildman–Crippen MR) is 69.5 cm³/mol. The molecule has 0 fully saturated rings. The van der Waals surface area contributed by atoms with E-state index in [1.54, 1.807) is 12.1 Å². The van der Waals surface area contributed by atoms with E-state index in [2.05, 4.69) is 17.1 Å². The third kappa shape index (κ3) is 4.03. The summed E-state index contributed by atoms with van der Waals surface area (Å²) < 4.78 is 0. The number of hydrogen-bond donors (Lipinski definition) is 1. The first-order valence-electron chi connectivity index (χ1n) is 5.56. The Labute approximate surface area is 102 Å². The maximum atomic E-state index is 10.6. The van der Waals surface area contributed by atoms with E-state index in [0.717, 1.165) is 17.8 Å². The fraction of sp³-hybridized carbons (Fsp3) is 0.500. The maximum Gasteiger partial charge on any atom is 0.269 e. The number of nitro benzene ring substituents is 1. The van der Waals surface area contributed by atoms with Gasteiger partial charge in [-0.2, -0.15) is 0 Å². The Kier molecular flexibility index (Phi) is 4.45. The van der Waals surface area contributed by atoms with Gasteiger partial charge in [-0.05, 0) is 39.6 Å². The van der Waals surface area contributed by atoms with Gasteiger partial charge in [0.2, 0.25) is 0 Å². The lowest BCUT2D eigenvalue weighted by molar-refractivity contribution is -0.384. The van der Waals surface area contributed by atoms with Gasteiger partial charge in [0.05, 0.1) is 4.92 Å². The van der Waals surface area contributed by atoms with Gasteiger partial charge in [0.25, 0.3) is 5.69 Å². The zero-order valence-electron chi connectivity index (χ0n) is 10.7. The van der Waals surface area contributed by atoms with Crippen LogP contribution in [0.4, 0.5) is 11.4 Å². The fourth-order valence-corrected chi connectivity index (χ4v) is 1.78. The van der Waals surface area contributed by atoms with E-state index in [0.29, 0.717) is 6.04 Å². The average molecular weight is 237 g/mol. The van der Waals surface area contributed by atoms with Crippen molar-refractivity contribution in [3.63, 3.8) is 0 Å². The molecule has 0 saturated carbocycles. The van der Waals surface area contributed by atoms with Crippen LogP contribution < -0.4 is 5.32 Å². The molecule has 1 N–H and O–H groups in total. The van der Waals surface area contributed by atoms with Gasteiger partial charge >= 0.3 is 0 Å². The molecular formula is C12H19N3O2. The molecule has 1 aromatic carbocycles. The molecule has 1 rings (SSSR count). The van der Waals surface area contributed by atoms with Gasteiger partial charge in [0.1, 0.15) is 0 Å². The van der Waals surface area contributed by atoms with Crippen molar-refractivity contribution in [1.82, 2.24) is 4.90 Å². The molecular weight excluding hydrogens is 218 g/mol. The molecule has 1 atom stereocenters. The normalized spacial score (nSPS) is 12.5. The van der Waals surface area contributed by atoms with Gasteiger partial charge < -0.3 is 10.2 Å². The highest BCUT2D eigenvalue weighted by Gasteiger charge is 2.10. The molecule has 0 saturated heterocycles. The second kappa shape index (κ2) is 5.63. The molecule has 1 aromatic rings. The van der Waals surface area contributed by atoms with Gasteiger partial charge in [-0.15, -0.1) is 0 Å². The van der Waals surface area contributed by atoms with E-state index in [-0.39, 0.29) is 10.6 Å². The van der Waals surface area contributed by atoms with Crippen molar-refractivity contribution in [2.75, 3.05) is 26.0 Å². The number of nitrogens with zero attached hydrogens (tertiary/aromatic N) is 2. The second-order valence-corrected chi connectivity index (χ2v) is 4.56. The predicted octanol–water partition coefficient (Wildman–Crippen LogP) is 2.27. The number of non-ortho nitro benzene ring substituents is 1. The smallest absolute Gasteiger partial charge is 0.269 e. The van der Waals surface area contributed by atoms with Crippen molar-refractivity contribution in [1.29, 1.82) is 0 Å². The van der Waals surface area contributed by atoms with Crippen molar-refractivity contribution in [3.05, 3.63) is 33.9 Å². The summed E-state index contributed by atoms with van der Waals surface area (Å²) in [5.74, 6) is 0. The summed E-state index contributed by atoms with van der Waals surface area (Å²) in [4.78, 5) is 12.3. The molecule has 0 bridgehead atoms. The molecule has 94 valence electrons. The van der Waals surface area contributed by atoms with E-state index in [9.17, 15) is 10.1 Å². The summed E-state index contributed by atoms with van der Waals surface area (Å²) in [7, 11) is 4.03. The lowest BCUT2D eigenvalue weighted by atomic mass is 10.1. The van der Waals surface area contributed by atoms with Crippen molar-refractivity contribution < 1.29 is 4.92 Å². The Balaban J connectivity index is 2.75. The van der Waals surface area contributed by atoms with Crippen LogP contribution in [0.1, 0.15) is 12.5 Å². The van der Waals surface area contributed by atoms with Crippen LogP contribution >= 0.6 is 0 Å². The number of aryl methyl sites for hydroxylation is 1. The Morgan fingerprint density at radius 1 is 1.47 bits per heavy atom. The van der Waals surface area contributed by atoms with E-state index < -0.39 is 0 Å². The highest BCUT2D eigenvalue weighted by Crippen LogP contribution is 2.21. The van der Waals surface area contributed by atoms with E-state index >= 15 is 0 Å². The largest absolute Gasteiger partial charge is 0.381 e. The highest BCUT2D eigenvalue weighted by molar-refractivity contribution is 5.55. The standard InChI is InChI=1S/C12H19N3O2/c1-9-7-11(15(16)17)5-6-12(9)13-10(2)8-14(3)4/h5-7,10,13H,8H2,1-4H3. The van der Waals surface area contributed by atoms with Crippen LogP contribution in [-0.4, -0.2) is 36.5 Å². The van der Waals surface area contributed by atoms with Crippen molar-refractivity contribution >= 4 is 11.4 Å². The highest BCUT2D eigenvalue weighted by atomic mass is 16.6. The Morgan fingerprint density at radius 2 is 2.12 bits per heavy atom. The quantitative estimate of drug-likeness (QED) is 0.630. The zero-order valence-corrected chi connectivity index (χ0v) is 10.7. The third-order valence-electron chi connectivity index (χ3n) is 2.46. The molecule has 0 aliphatic heterocycles. The van der Waals surface area contributed by atoms with E-state index in [1.165, 1.54) is 6.07 Å². The number of hydrogen-bond acceptors (Lipinski definition) is 4. The average Bonchev–Trinajstić information content (AvgIpc) is 2.19. The molecule has 0 aliphatic carbocycles. The topological polar surface area (TPSA) is 58.4 Å². The summed E-state index contributed by atoms with van der Waals surface area (Å²) in [6.45, 7) is 4.87. The third-order valence-corrected chi connectivity index (χ3v) is 2.46. The van der Waals surface area contributed by atoms with Crippen LogP contribution in [0, 0.1) is 17.0 Å². The molecule has 0 amide bonds. The first-order valence-corrected chi connectivity index (χ1v) is 5.56. The van der Waals surface area contributed by atoms with Crippen molar-refractivity contribution in [2.45, 2.75) is 19.9 Å². The Hall–Kier alpha value is -1.62. The lowest BCUT2D eigenvalue weighted by Crippen LogP contribution is -2.29. The van der Waals surface area contributed by atoms with Crippen LogP contribution in [0.5, 0.6) is 0 Å². The lowest BCUT2D eigenvalue weighted by Gasteiger charge is -2.20. The molecule has 5 heteroatoms. The van der Waals surface area contributed by atoms with Crippen LogP contribution in [-0.2, 0) is 0 Å². The molecule has 0 radical (unpaired) electrons. The first-order chi connectivity index (χ1) is 7.90. The van der Waals surface area contributed by atoms with Gasteiger partial charge in [0.15, 0.2) is 0 Å². The first kappa shape index (κ1) is 13.4. The van der Waals surface area contributed by atoms with Crippen LogP contribution in [0.3, 0.4) is 0 Å². The fourth-order valence-electron chi connectivity index (χ4n) is 1.78. The summed E-state index contributed by atoms with van der Waals surface area (Å²) in [6, 6.07) is 5.17. The Bertz CT molecular complexity index is 405. The number of rotatable bonds is 5. The SMILES string of the molecule is Cc1cc([N+](=O)[O-])ccc1NC(C)CN(C)C. The summed E-state index contributed by atoms with van der Waals surface area (Å²) in [5, 5.41) is 14.0. The summed E-state index contributed by atoms with van der Waals surface area (Å²) in [6.07, 6.45) is 0. The molecule has 0 spiro atoms. The number of benzene rings is 1. The monoisotopic (exact) mass is 237 g/mol. The molecule has 5 nitrogen and oxygen atoms in total.